The lowest BCUT2D eigenvalue weighted by Crippen LogP contribution is -2.51. The predicted molar refractivity (Wildman–Crippen MR) is 47.0 cm³/mol. The summed E-state index contributed by atoms with van der Waals surface area (Å²) in [5.41, 5.74) is -0.814. The first kappa shape index (κ1) is 8.45. The Morgan fingerprint density at radius 2 is 2.33 bits per heavy atom. The average molecular weight is 172 g/mol. The summed E-state index contributed by atoms with van der Waals surface area (Å²) in [6, 6.07) is 0.506. The summed E-state index contributed by atoms with van der Waals surface area (Å²) in [5.74, 6) is 0. The van der Waals surface area contributed by atoms with Gasteiger partial charge in [0, 0.05) is 32.2 Å². The molecule has 1 N–H and O–H groups in total. The maximum Gasteiger partial charge on any atom is 0.123 e. The van der Waals surface area contributed by atoms with Gasteiger partial charge in [-0.3, -0.25) is 4.90 Å². The van der Waals surface area contributed by atoms with E-state index in [-0.39, 0.29) is 0 Å². The molecule has 0 bridgehead atoms. The number of hydrogen-bond acceptors (Lipinski definition) is 2. The summed E-state index contributed by atoms with van der Waals surface area (Å²) in [5, 5.41) is 3.31. The van der Waals surface area contributed by atoms with Crippen molar-refractivity contribution in [1.82, 2.24) is 10.2 Å². The molecule has 2 fully saturated rings. The van der Waals surface area contributed by atoms with E-state index in [1.165, 1.54) is 0 Å². The number of rotatable bonds is 2. The topological polar surface area (TPSA) is 15.3 Å². The first-order chi connectivity index (χ1) is 5.70. The highest BCUT2D eigenvalue weighted by Crippen LogP contribution is 2.40. The van der Waals surface area contributed by atoms with Crippen molar-refractivity contribution in [2.75, 3.05) is 26.2 Å². The Kier molecular flexibility index (Phi) is 2.09. The van der Waals surface area contributed by atoms with E-state index in [0.717, 1.165) is 32.5 Å². The minimum atomic E-state index is -0.814. The third-order valence-electron chi connectivity index (χ3n) is 2.92. The van der Waals surface area contributed by atoms with Gasteiger partial charge in [0.25, 0.3) is 0 Å². The molecular formula is C9H17FN2. The van der Waals surface area contributed by atoms with Crippen molar-refractivity contribution >= 4 is 0 Å². The number of piperazine rings is 1. The third kappa shape index (κ3) is 1.77. The molecular weight excluding hydrogens is 155 g/mol. The monoisotopic (exact) mass is 172 g/mol. The van der Waals surface area contributed by atoms with Crippen molar-refractivity contribution in [1.29, 1.82) is 0 Å². The van der Waals surface area contributed by atoms with Crippen molar-refractivity contribution in [3.8, 4) is 0 Å². The molecule has 1 saturated carbocycles. The number of nitrogens with one attached hydrogen (secondary N) is 1. The molecule has 1 atom stereocenters. The van der Waals surface area contributed by atoms with Gasteiger partial charge in [0.05, 0.1) is 0 Å². The van der Waals surface area contributed by atoms with Gasteiger partial charge in [-0.15, -0.1) is 0 Å². The zero-order valence-corrected chi connectivity index (χ0v) is 7.65. The van der Waals surface area contributed by atoms with Crippen LogP contribution in [0.4, 0.5) is 4.39 Å². The summed E-state index contributed by atoms with van der Waals surface area (Å²) in [7, 11) is 0. The second-order valence-corrected chi connectivity index (χ2v) is 4.17. The minimum absolute atomic E-state index is 0.506. The van der Waals surface area contributed by atoms with Crippen LogP contribution in [-0.2, 0) is 0 Å². The van der Waals surface area contributed by atoms with E-state index in [0.29, 0.717) is 12.6 Å². The SMILES string of the molecule is C[C@@H]1CNCCN1CC1(F)CC1. The van der Waals surface area contributed by atoms with Crippen LogP contribution in [-0.4, -0.2) is 42.8 Å². The van der Waals surface area contributed by atoms with Crippen molar-refractivity contribution in [2.24, 2.45) is 0 Å². The summed E-state index contributed by atoms with van der Waals surface area (Å²) >= 11 is 0. The Morgan fingerprint density at radius 3 is 2.92 bits per heavy atom. The largest absolute Gasteiger partial charge is 0.314 e. The van der Waals surface area contributed by atoms with Crippen LogP contribution in [0, 0.1) is 0 Å². The van der Waals surface area contributed by atoms with Gasteiger partial charge in [-0.25, -0.2) is 4.39 Å². The molecule has 0 unspecified atom stereocenters. The maximum absolute atomic E-state index is 13.4. The second-order valence-electron chi connectivity index (χ2n) is 4.17. The normalized spacial score (nSPS) is 35.0. The smallest absolute Gasteiger partial charge is 0.123 e. The highest BCUT2D eigenvalue weighted by atomic mass is 19.1. The van der Waals surface area contributed by atoms with Crippen LogP contribution < -0.4 is 5.32 Å². The molecule has 1 heterocycles. The van der Waals surface area contributed by atoms with Crippen molar-refractivity contribution in [2.45, 2.75) is 31.5 Å². The highest BCUT2D eigenvalue weighted by molar-refractivity contribution is 4.98. The Labute approximate surface area is 73.1 Å². The molecule has 0 aromatic carbocycles. The van der Waals surface area contributed by atoms with Gasteiger partial charge in [0.2, 0.25) is 0 Å². The van der Waals surface area contributed by atoms with Gasteiger partial charge in [0.1, 0.15) is 5.67 Å². The van der Waals surface area contributed by atoms with Crippen LogP contribution in [0.15, 0.2) is 0 Å². The molecule has 2 aliphatic rings. The fraction of sp³-hybridized carbons (Fsp3) is 1.00. The van der Waals surface area contributed by atoms with Crippen LogP contribution in [0.1, 0.15) is 19.8 Å². The van der Waals surface area contributed by atoms with Crippen LogP contribution in [0.25, 0.3) is 0 Å². The molecule has 0 spiro atoms. The Bertz CT molecular complexity index is 168. The lowest BCUT2D eigenvalue weighted by molar-refractivity contribution is 0.118. The van der Waals surface area contributed by atoms with Crippen molar-refractivity contribution in [3.63, 3.8) is 0 Å². The summed E-state index contributed by atoms with van der Waals surface area (Å²) in [6.07, 6.45) is 1.56. The Hall–Kier alpha value is -0.150. The van der Waals surface area contributed by atoms with Gasteiger partial charge >= 0.3 is 0 Å². The van der Waals surface area contributed by atoms with Crippen molar-refractivity contribution in [3.05, 3.63) is 0 Å². The summed E-state index contributed by atoms with van der Waals surface area (Å²) in [4.78, 5) is 2.27. The quantitative estimate of drug-likeness (QED) is 0.662. The van der Waals surface area contributed by atoms with E-state index in [2.05, 4.69) is 17.1 Å². The van der Waals surface area contributed by atoms with E-state index in [9.17, 15) is 4.39 Å². The molecule has 0 aromatic heterocycles. The lowest BCUT2D eigenvalue weighted by atomic mass is 10.2. The van der Waals surface area contributed by atoms with E-state index in [1.807, 2.05) is 0 Å². The first-order valence-corrected chi connectivity index (χ1v) is 4.83. The standard InChI is InChI=1S/C9H17FN2/c1-8-6-11-4-5-12(8)7-9(10)2-3-9/h8,11H,2-7H2,1H3/t8-/m1/s1. The van der Waals surface area contributed by atoms with Gasteiger partial charge in [-0.05, 0) is 19.8 Å². The predicted octanol–water partition coefficient (Wildman–Crippen LogP) is 0.782. The van der Waals surface area contributed by atoms with Gasteiger partial charge < -0.3 is 5.32 Å². The fourth-order valence-corrected chi connectivity index (χ4v) is 1.78. The number of nitrogens with zero attached hydrogens (tertiary/aromatic N) is 1. The zero-order chi connectivity index (χ0) is 8.60. The van der Waals surface area contributed by atoms with Crippen molar-refractivity contribution < 1.29 is 4.39 Å². The molecule has 3 heteroatoms. The fourth-order valence-electron chi connectivity index (χ4n) is 1.78. The van der Waals surface area contributed by atoms with E-state index in [1.54, 1.807) is 0 Å². The van der Waals surface area contributed by atoms with Crippen LogP contribution in [0.2, 0.25) is 0 Å². The number of halogens is 1. The number of hydrogen-bond donors (Lipinski definition) is 1. The molecule has 70 valence electrons. The number of alkyl halides is 1. The van der Waals surface area contributed by atoms with Crippen LogP contribution >= 0.6 is 0 Å². The average Bonchev–Trinajstić information content (AvgIpc) is 2.74. The Morgan fingerprint density at radius 1 is 1.58 bits per heavy atom. The van der Waals surface area contributed by atoms with Gasteiger partial charge in [-0.2, -0.15) is 0 Å². The molecule has 2 rings (SSSR count). The van der Waals surface area contributed by atoms with Crippen LogP contribution in [0.3, 0.4) is 0 Å². The Balaban J connectivity index is 1.84. The molecule has 1 aliphatic heterocycles. The minimum Gasteiger partial charge on any atom is -0.314 e. The molecule has 0 radical (unpaired) electrons. The van der Waals surface area contributed by atoms with Gasteiger partial charge in [0.15, 0.2) is 0 Å². The lowest BCUT2D eigenvalue weighted by Gasteiger charge is -2.34. The molecule has 0 amide bonds. The van der Waals surface area contributed by atoms with E-state index in [4.69, 9.17) is 0 Å². The summed E-state index contributed by atoms with van der Waals surface area (Å²) in [6.45, 7) is 5.86. The molecule has 1 aliphatic carbocycles. The van der Waals surface area contributed by atoms with E-state index >= 15 is 0 Å². The molecule has 1 saturated heterocycles. The second kappa shape index (κ2) is 2.96. The van der Waals surface area contributed by atoms with Crippen LogP contribution in [0.5, 0.6) is 0 Å². The maximum atomic E-state index is 13.4. The molecule has 2 nitrogen and oxygen atoms in total. The summed E-state index contributed by atoms with van der Waals surface area (Å²) < 4.78 is 13.4. The first-order valence-electron chi connectivity index (χ1n) is 4.83. The van der Waals surface area contributed by atoms with E-state index < -0.39 is 5.67 Å². The van der Waals surface area contributed by atoms with Gasteiger partial charge in [-0.1, -0.05) is 0 Å². The zero-order valence-electron chi connectivity index (χ0n) is 7.65. The third-order valence-corrected chi connectivity index (χ3v) is 2.92. The highest BCUT2D eigenvalue weighted by Gasteiger charge is 2.45. The molecule has 0 aromatic rings. The molecule has 12 heavy (non-hydrogen) atoms.